The molecule has 0 aliphatic heterocycles. The van der Waals surface area contributed by atoms with Crippen LogP contribution in [-0.4, -0.2) is 9.97 Å². The Bertz CT molecular complexity index is 337. The van der Waals surface area contributed by atoms with Crippen LogP contribution < -0.4 is 0 Å². The first-order chi connectivity index (χ1) is 6.32. The zero-order valence-corrected chi connectivity index (χ0v) is 7.07. The number of nitrogens with zero attached hydrogens (tertiary/aromatic N) is 2. The van der Waals surface area contributed by atoms with Crippen molar-refractivity contribution in [2.24, 2.45) is 0 Å². The molecule has 0 atom stereocenters. The molecule has 0 N–H and O–H groups in total. The monoisotopic (exact) mass is 232 g/mol. The van der Waals surface area contributed by atoms with Gasteiger partial charge in [0.1, 0.15) is 10.8 Å². The Hall–Kier alpha value is -0.980. The second-order valence-electron chi connectivity index (χ2n) is 2.23. The number of halogens is 6. The number of rotatable bonds is 1. The van der Waals surface area contributed by atoms with E-state index in [9.17, 15) is 22.0 Å². The molecule has 2 nitrogen and oxygen atoms in total. The molecule has 8 heteroatoms. The van der Waals surface area contributed by atoms with Crippen LogP contribution in [0.3, 0.4) is 0 Å². The Morgan fingerprint density at radius 2 is 1.86 bits per heavy atom. The molecule has 0 fully saturated rings. The first kappa shape index (κ1) is 11.1. The van der Waals surface area contributed by atoms with Crippen molar-refractivity contribution in [2.75, 3.05) is 0 Å². The Morgan fingerprint density at radius 3 is 2.29 bits per heavy atom. The first-order valence-electron chi connectivity index (χ1n) is 3.20. The van der Waals surface area contributed by atoms with Crippen LogP contribution in [0.5, 0.6) is 0 Å². The van der Waals surface area contributed by atoms with Crippen molar-refractivity contribution in [3.05, 3.63) is 22.7 Å². The third-order valence-corrected chi connectivity index (χ3v) is 1.43. The van der Waals surface area contributed by atoms with Crippen molar-refractivity contribution in [2.45, 2.75) is 12.6 Å². The van der Waals surface area contributed by atoms with Gasteiger partial charge in [-0.2, -0.15) is 13.2 Å². The largest absolute Gasteiger partial charge is 0.435 e. The fourth-order valence-corrected chi connectivity index (χ4v) is 0.879. The van der Waals surface area contributed by atoms with E-state index in [1.165, 1.54) is 0 Å². The van der Waals surface area contributed by atoms with E-state index in [1.807, 2.05) is 0 Å². The van der Waals surface area contributed by atoms with E-state index in [4.69, 9.17) is 11.6 Å². The van der Waals surface area contributed by atoms with Crippen molar-refractivity contribution < 1.29 is 22.0 Å². The van der Waals surface area contributed by atoms with E-state index in [0.29, 0.717) is 6.20 Å². The molecule has 0 aliphatic carbocycles. The predicted octanol–water partition coefficient (Wildman–Crippen LogP) is 3.09. The van der Waals surface area contributed by atoms with Crippen LogP contribution >= 0.6 is 11.6 Å². The molecule has 0 aliphatic rings. The molecule has 0 radical (unpaired) electrons. The van der Waals surface area contributed by atoms with Gasteiger partial charge in [0.15, 0.2) is 5.69 Å². The number of hydrogen-bond donors (Lipinski definition) is 0. The van der Waals surface area contributed by atoms with Crippen molar-refractivity contribution in [3.8, 4) is 0 Å². The fraction of sp³-hybridized carbons (Fsp3) is 0.333. The average Bonchev–Trinajstić information content (AvgIpc) is 2.01. The highest BCUT2D eigenvalue weighted by molar-refractivity contribution is 6.29. The molecule has 1 heterocycles. The van der Waals surface area contributed by atoms with E-state index < -0.39 is 29.1 Å². The molecule has 0 bridgehead atoms. The van der Waals surface area contributed by atoms with Gasteiger partial charge in [-0.1, -0.05) is 11.6 Å². The minimum Gasteiger partial charge on any atom is -0.250 e. The van der Waals surface area contributed by atoms with Gasteiger partial charge in [-0.3, -0.25) is 0 Å². The topological polar surface area (TPSA) is 25.8 Å². The minimum atomic E-state index is -4.98. The van der Waals surface area contributed by atoms with Gasteiger partial charge in [-0.15, -0.1) is 0 Å². The van der Waals surface area contributed by atoms with Gasteiger partial charge in [0.2, 0.25) is 0 Å². The highest BCUT2D eigenvalue weighted by Gasteiger charge is 2.38. The van der Waals surface area contributed by atoms with Gasteiger partial charge >= 0.3 is 6.18 Å². The van der Waals surface area contributed by atoms with Crippen LogP contribution in [0.15, 0.2) is 6.20 Å². The zero-order valence-electron chi connectivity index (χ0n) is 6.32. The van der Waals surface area contributed by atoms with Crippen molar-refractivity contribution in [1.82, 2.24) is 9.97 Å². The lowest BCUT2D eigenvalue weighted by molar-refractivity contribution is -0.143. The fourth-order valence-electron chi connectivity index (χ4n) is 0.745. The molecule has 0 spiro atoms. The quantitative estimate of drug-likeness (QED) is 0.696. The van der Waals surface area contributed by atoms with Crippen LogP contribution in [0.25, 0.3) is 0 Å². The smallest absolute Gasteiger partial charge is 0.250 e. The number of alkyl halides is 5. The summed E-state index contributed by atoms with van der Waals surface area (Å²) in [6.07, 6.45) is -7.68. The molecule has 78 valence electrons. The molecule has 0 unspecified atom stereocenters. The highest BCUT2D eigenvalue weighted by Crippen LogP contribution is 2.34. The maximum atomic E-state index is 12.1. The van der Waals surface area contributed by atoms with Gasteiger partial charge in [0.25, 0.3) is 6.43 Å². The molecule has 0 saturated carbocycles. The molecule has 0 saturated heterocycles. The highest BCUT2D eigenvalue weighted by atomic mass is 35.5. The Labute approximate surface area is 79.7 Å². The maximum Gasteiger partial charge on any atom is 0.435 e. The normalized spacial score (nSPS) is 12.2. The van der Waals surface area contributed by atoms with E-state index in [0.717, 1.165) is 0 Å². The van der Waals surface area contributed by atoms with Crippen LogP contribution in [0.2, 0.25) is 5.15 Å². The second kappa shape index (κ2) is 3.64. The summed E-state index contributed by atoms with van der Waals surface area (Å²) in [7, 11) is 0. The van der Waals surface area contributed by atoms with Crippen LogP contribution in [0.4, 0.5) is 22.0 Å². The van der Waals surface area contributed by atoms with Crippen molar-refractivity contribution in [3.63, 3.8) is 0 Å². The van der Waals surface area contributed by atoms with Gasteiger partial charge in [0, 0.05) is 0 Å². The number of aromatic nitrogens is 2. The van der Waals surface area contributed by atoms with Crippen LogP contribution in [-0.2, 0) is 6.18 Å². The molecular weight excluding hydrogens is 231 g/mol. The Morgan fingerprint density at radius 1 is 1.29 bits per heavy atom. The minimum absolute atomic E-state index is 0.582. The summed E-state index contributed by atoms with van der Waals surface area (Å²) in [6, 6.07) is 0. The van der Waals surface area contributed by atoms with Crippen molar-refractivity contribution >= 4 is 11.6 Å². The Kier molecular flexibility index (Phi) is 2.89. The molecular formula is C6H2ClF5N2. The zero-order chi connectivity index (χ0) is 10.9. The first-order valence-corrected chi connectivity index (χ1v) is 3.58. The SMILES string of the molecule is FC(F)c1ncc(Cl)nc1C(F)(F)F. The maximum absolute atomic E-state index is 12.1. The standard InChI is InChI=1S/C6H2ClF5N2/c7-2-1-13-3(5(8)9)4(14-2)6(10,11)12/h1,5H. The van der Waals surface area contributed by atoms with E-state index >= 15 is 0 Å². The van der Waals surface area contributed by atoms with Crippen LogP contribution in [0, 0.1) is 0 Å². The Balaban J connectivity index is 3.30. The summed E-state index contributed by atoms with van der Waals surface area (Å²) >= 11 is 5.11. The summed E-state index contributed by atoms with van der Waals surface area (Å²) in [5.41, 5.74) is -3.16. The van der Waals surface area contributed by atoms with E-state index in [1.54, 1.807) is 0 Å². The predicted molar refractivity (Wildman–Crippen MR) is 37.0 cm³/mol. The lowest BCUT2D eigenvalue weighted by Crippen LogP contribution is -2.14. The third kappa shape index (κ3) is 2.28. The summed E-state index contributed by atoms with van der Waals surface area (Å²) in [4.78, 5) is 5.64. The second-order valence-corrected chi connectivity index (χ2v) is 2.61. The summed E-state index contributed by atoms with van der Waals surface area (Å²) in [6.45, 7) is 0. The van der Waals surface area contributed by atoms with E-state index in [-0.39, 0.29) is 0 Å². The van der Waals surface area contributed by atoms with Gasteiger partial charge in [-0.25, -0.2) is 18.7 Å². The molecule has 1 aromatic rings. The molecule has 0 amide bonds. The van der Waals surface area contributed by atoms with Gasteiger partial charge in [0.05, 0.1) is 6.20 Å². The molecule has 0 aromatic carbocycles. The third-order valence-electron chi connectivity index (χ3n) is 1.25. The average molecular weight is 233 g/mol. The van der Waals surface area contributed by atoms with E-state index in [2.05, 4.69) is 9.97 Å². The number of hydrogen-bond acceptors (Lipinski definition) is 2. The molecule has 1 aromatic heterocycles. The van der Waals surface area contributed by atoms with Crippen LogP contribution in [0.1, 0.15) is 17.8 Å². The lowest BCUT2D eigenvalue weighted by Gasteiger charge is -2.09. The van der Waals surface area contributed by atoms with Crippen molar-refractivity contribution in [1.29, 1.82) is 0 Å². The summed E-state index contributed by atoms with van der Waals surface area (Å²) in [5, 5.41) is -0.582. The molecule has 1 rings (SSSR count). The lowest BCUT2D eigenvalue weighted by atomic mass is 10.3. The van der Waals surface area contributed by atoms with Gasteiger partial charge in [-0.05, 0) is 0 Å². The molecule has 14 heavy (non-hydrogen) atoms. The summed E-state index contributed by atoms with van der Waals surface area (Å²) in [5.74, 6) is 0. The van der Waals surface area contributed by atoms with Gasteiger partial charge < -0.3 is 0 Å². The summed E-state index contributed by atoms with van der Waals surface area (Å²) < 4.78 is 60.4.